The third-order valence-corrected chi connectivity index (χ3v) is 2.26. The van der Waals surface area contributed by atoms with Crippen LogP contribution in [0.2, 0.25) is 0 Å². The van der Waals surface area contributed by atoms with E-state index in [0.29, 0.717) is 11.3 Å². The highest BCUT2D eigenvalue weighted by molar-refractivity contribution is 5.94. The quantitative estimate of drug-likeness (QED) is 0.788. The van der Waals surface area contributed by atoms with Crippen molar-refractivity contribution in [2.75, 3.05) is 0 Å². The molecule has 0 saturated heterocycles. The van der Waals surface area contributed by atoms with Gasteiger partial charge in [0.1, 0.15) is 5.82 Å². The third kappa shape index (κ3) is 1.40. The van der Waals surface area contributed by atoms with Crippen molar-refractivity contribution in [3.8, 4) is 0 Å². The summed E-state index contributed by atoms with van der Waals surface area (Å²) in [6, 6.07) is 2.79. The Morgan fingerprint density at radius 3 is 2.50 bits per heavy atom. The largest absolute Gasteiger partial charge is 0.478 e. The minimum atomic E-state index is -1.13. The lowest BCUT2D eigenvalue weighted by molar-refractivity contribution is 0.0684. The van der Waals surface area contributed by atoms with Crippen molar-refractivity contribution >= 4 is 17.5 Å². The number of fused-ring (bicyclic) bond motifs is 1. The van der Waals surface area contributed by atoms with E-state index in [1.54, 1.807) is 6.92 Å². The molecule has 0 atom stereocenters. The van der Waals surface area contributed by atoms with Crippen molar-refractivity contribution in [2.24, 2.45) is 0 Å². The maximum absolute atomic E-state index is 10.9. The van der Waals surface area contributed by atoms with Gasteiger partial charge in [0.25, 0.3) is 0 Å². The first-order chi connectivity index (χ1) is 7.50. The molecular weight excluding hydrogens is 212 g/mol. The normalized spacial score (nSPS) is 10.6. The number of rotatable bonds is 2. The lowest BCUT2D eigenvalue weighted by Crippen LogP contribution is -2.00. The SMILES string of the molecule is Cc1nc(C(=O)O)c2ccc(C(=O)O)cn12. The fourth-order valence-electron chi connectivity index (χ4n) is 1.52. The standard InChI is InChI=1S/C10H8N2O4/c1-5-11-8(10(15)16)7-3-2-6(9(13)14)4-12(5)7/h2-4H,1H3,(H,13,14)(H,15,16). The zero-order valence-electron chi connectivity index (χ0n) is 8.34. The van der Waals surface area contributed by atoms with Crippen molar-refractivity contribution in [1.29, 1.82) is 0 Å². The van der Waals surface area contributed by atoms with E-state index in [0.717, 1.165) is 0 Å². The molecule has 0 aliphatic carbocycles. The van der Waals surface area contributed by atoms with Gasteiger partial charge in [0, 0.05) is 6.20 Å². The monoisotopic (exact) mass is 220 g/mol. The molecule has 0 spiro atoms. The molecule has 0 fully saturated rings. The number of hydrogen-bond donors (Lipinski definition) is 2. The van der Waals surface area contributed by atoms with Crippen LogP contribution in [0.1, 0.15) is 26.7 Å². The number of aromatic carboxylic acids is 2. The Morgan fingerprint density at radius 2 is 1.94 bits per heavy atom. The van der Waals surface area contributed by atoms with E-state index < -0.39 is 11.9 Å². The third-order valence-electron chi connectivity index (χ3n) is 2.26. The van der Waals surface area contributed by atoms with E-state index in [1.807, 2.05) is 0 Å². The van der Waals surface area contributed by atoms with E-state index in [9.17, 15) is 9.59 Å². The fraction of sp³-hybridized carbons (Fsp3) is 0.100. The lowest BCUT2D eigenvalue weighted by atomic mass is 10.2. The number of pyridine rings is 1. The summed E-state index contributed by atoms with van der Waals surface area (Å²) in [5.41, 5.74) is 0.398. The Hall–Kier alpha value is -2.37. The summed E-state index contributed by atoms with van der Waals surface area (Å²) in [6.45, 7) is 1.62. The maximum atomic E-state index is 10.9. The second-order valence-corrected chi connectivity index (χ2v) is 3.29. The number of aromatic nitrogens is 2. The highest BCUT2D eigenvalue weighted by atomic mass is 16.4. The van der Waals surface area contributed by atoms with Crippen LogP contribution in [0.25, 0.3) is 5.52 Å². The molecule has 6 heteroatoms. The highest BCUT2D eigenvalue weighted by Crippen LogP contribution is 2.14. The van der Waals surface area contributed by atoms with Gasteiger partial charge in [-0.25, -0.2) is 14.6 Å². The number of carbonyl (C=O) groups is 2. The van der Waals surface area contributed by atoms with E-state index >= 15 is 0 Å². The van der Waals surface area contributed by atoms with Crippen LogP contribution in [0.4, 0.5) is 0 Å². The predicted octanol–water partition coefficient (Wildman–Crippen LogP) is 1.04. The van der Waals surface area contributed by atoms with Crippen LogP contribution in [0.15, 0.2) is 18.3 Å². The Kier molecular flexibility index (Phi) is 2.12. The van der Waals surface area contributed by atoms with Crippen molar-refractivity contribution in [2.45, 2.75) is 6.92 Å². The Balaban J connectivity index is 2.76. The van der Waals surface area contributed by atoms with Crippen molar-refractivity contribution < 1.29 is 19.8 Å². The van der Waals surface area contributed by atoms with Crippen LogP contribution in [0, 0.1) is 6.92 Å². The Bertz CT molecular complexity index is 600. The molecule has 0 aliphatic rings. The van der Waals surface area contributed by atoms with E-state index in [4.69, 9.17) is 10.2 Å². The molecule has 0 saturated carbocycles. The molecule has 0 bridgehead atoms. The molecule has 0 unspecified atom stereocenters. The van der Waals surface area contributed by atoms with Crippen LogP contribution in [0.3, 0.4) is 0 Å². The first-order valence-electron chi connectivity index (χ1n) is 4.46. The molecule has 2 aromatic heterocycles. The summed E-state index contributed by atoms with van der Waals surface area (Å²) in [6.07, 6.45) is 1.35. The molecule has 2 aromatic rings. The van der Waals surface area contributed by atoms with Crippen LogP contribution in [-0.4, -0.2) is 31.5 Å². The van der Waals surface area contributed by atoms with Crippen molar-refractivity contribution in [3.05, 3.63) is 35.4 Å². The molecule has 0 aliphatic heterocycles. The molecule has 2 heterocycles. The average molecular weight is 220 g/mol. The van der Waals surface area contributed by atoms with Gasteiger partial charge in [-0.05, 0) is 19.1 Å². The summed E-state index contributed by atoms with van der Waals surface area (Å²) in [5, 5.41) is 17.7. The van der Waals surface area contributed by atoms with E-state index in [2.05, 4.69) is 4.98 Å². The van der Waals surface area contributed by atoms with Crippen LogP contribution in [-0.2, 0) is 0 Å². The molecule has 82 valence electrons. The fourth-order valence-corrected chi connectivity index (χ4v) is 1.52. The zero-order valence-corrected chi connectivity index (χ0v) is 8.34. The van der Waals surface area contributed by atoms with Crippen molar-refractivity contribution in [1.82, 2.24) is 9.38 Å². The number of hydrogen-bond acceptors (Lipinski definition) is 3. The molecule has 2 rings (SSSR count). The Labute approximate surface area is 89.8 Å². The van der Waals surface area contributed by atoms with Gasteiger partial charge < -0.3 is 14.6 Å². The molecule has 0 amide bonds. The summed E-state index contributed by atoms with van der Waals surface area (Å²) in [4.78, 5) is 25.5. The predicted molar refractivity (Wildman–Crippen MR) is 53.8 cm³/mol. The van der Waals surface area contributed by atoms with Gasteiger partial charge in [-0.1, -0.05) is 0 Å². The van der Waals surface area contributed by atoms with Gasteiger partial charge in [0.15, 0.2) is 5.69 Å². The second kappa shape index (κ2) is 3.34. The number of nitrogens with zero attached hydrogens (tertiary/aromatic N) is 2. The number of aryl methyl sites for hydroxylation is 1. The number of carboxylic acids is 2. The van der Waals surface area contributed by atoms with Crippen LogP contribution in [0.5, 0.6) is 0 Å². The van der Waals surface area contributed by atoms with Crippen LogP contribution >= 0.6 is 0 Å². The van der Waals surface area contributed by atoms with Gasteiger partial charge in [-0.2, -0.15) is 0 Å². The lowest BCUT2D eigenvalue weighted by Gasteiger charge is -1.98. The minimum Gasteiger partial charge on any atom is -0.478 e. The first kappa shape index (κ1) is 10.2. The summed E-state index contributed by atoms with van der Waals surface area (Å²) >= 11 is 0. The van der Waals surface area contributed by atoms with Gasteiger partial charge in [-0.15, -0.1) is 0 Å². The summed E-state index contributed by atoms with van der Waals surface area (Å²) < 4.78 is 1.45. The second-order valence-electron chi connectivity index (χ2n) is 3.29. The highest BCUT2D eigenvalue weighted by Gasteiger charge is 2.15. The summed E-state index contributed by atoms with van der Waals surface area (Å²) in [7, 11) is 0. The molecular formula is C10H8N2O4. The zero-order chi connectivity index (χ0) is 11.9. The molecule has 2 N–H and O–H groups in total. The molecule has 0 aromatic carbocycles. The smallest absolute Gasteiger partial charge is 0.356 e. The van der Waals surface area contributed by atoms with Gasteiger partial charge in [0.2, 0.25) is 0 Å². The molecule has 16 heavy (non-hydrogen) atoms. The summed E-state index contributed by atoms with van der Waals surface area (Å²) in [5.74, 6) is -1.75. The Morgan fingerprint density at radius 1 is 1.25 bits per heavy atom. The van der Waals surface area contributed by atoms with Gasteiger partial charge in [-0.3, -0.25) is 0 Å². The van der Waals surface area contributed by atoms with Gasteiger partial charge >= 0.3 is 11.9 Å². The van der Waals surface area contributed by atoms with E-state index in [1.165, 1.54) is 22.7 Å². The van der Waals surface area contributed by atoms with Gasteiger partial charge in [0.05, 0.1) is 11.1 Å². The number of carboxylic acid groups (broad SMARTS) is 2. The van der Waals surface area contributed by atoms with E-state index in [-0.39, 0.29) is 11.3 Å². The first-order valence-corrected chi connectivity index (χ1v) is 4.46. The van der Waals surface area contributed by atoms with Crippen LogP contribution < -0.4 is 0 Å². The molecule has 0 radical (unpaired) electrons. The molecule has 6 nitrogen and oxygen atoms in total. The minimum absolute atomic E-state index is 0.0746. The van der Waals surface area contributed by atoms with Crippen molar-refractivity contribution in [3.63, 3.8) is 0 Å². The average Bonchev–Trinajstić information content (AvgIpc) is 2.56. The maximum Gasteiger partial charge on any atom is 0.356 e. The number of imidazole rings is 1. The topological polar surface area (TPSA) is 91.9 Å².